The van der Waals surface area contributed by atoms with Gasteiger partial charge < -0.3 is 25.2 Å². The van der Waals surface area contributed by atoms with Crippen LogP contribution in [0.2, 0.25) is 0 Å². The summed E-state index contributed by atoms with van der Waals surface area (Å²) in [5.74, 6) is -2.25. The normalized spacial score (nSPS) is 12.7. The molecule has 0 saturated carbocycles. The minimum absolute atomic E-state index is 0.00119. The molecule has 0 fully saturated rings. The van der Waals surface area contributed by atoms with Gasteiger partial charge in [0.2, 0.25) is 6.04 Å². The Morgan fingerprint density at radius 1 is 0.689 bits per heavy atom. The molecule has 24 heteroatoms. The largest absolute Gasteiger partial charge is 0.495 e. The van der Waals surface area contributed by atoms with Gasteiger partial charge in [-0.05, 0) is 91.5 Å². The summed E-state index contributed by atoms with van der Waals surface area (Å²) in [4.78, 5) is 36.6. The Labute approximate surface area is 347 Å². The Balaban J connectivity index is 1.31. The molecule has 21 nitrogen and oxygen atoms in total. The number of ketones is 1. The van der Waals surface area contributed by atoms with Gasteiger partial charge in [-0.15, -0.1) is 0 Å². The third-order valence-electron chi connectivity index (χ3n) is 8.38. The lowest BCUT2D eigenvalue weighted by Crippen LogP contribution is -2.32. The topological polar surface area (TPSA) is 327 Å². The summed E-state index contributed by atoms with van der Waals surface area (Å²) in [7, 11) is -13.1. The van der Waals surface area contributed by atoms with E-state index in [2.05, 4.69) is 31.1 Å². The Kier molecular flexibility index (Phi) is 13.7. The second-order valence-corrected chi connectivity index (χ2v) is 16.9. The molecule has 5 aromatic carbocycles. The highest BCUT2D eigenvalue weighted by Crippen LogP contribution is 2.34. The van der Waals surface area contributed by atoms with Gasteiger partial charge in [-0.2, -0.15) is 45.7 Å². The summed E-state index contributed by atoms with van der Waals surface area (Å²) < 4.78 is 110. The van der Waals surface area contributed by atoms with Gasteiger partial charge in [0.25, 0.3) is 42.2 Å². The molecule has 1 unspecified atom stereocenters. The second-order valence-electron chi connectivity index (χ2n) is 12.7. The zero-order chi connectivity index (χ0) is 44.9. The molecule has 5 rings (SSSR count). The van der Waals surface area contributed by atoms with Crippen molar-refractivity contribution in [3.05, 3.63) is 96.1 Å². The highest BCUT2D eigenvalue weighted by Gasteiger charge is 2.26. The standard InChI is InChI=1S/C37H34N6O15S3/c1-20-14-30(31(57-3)19-33(20)60(51,52)53)39-37(47)35(21(2)45)43-40-24-7-4-22(5-8-24)36(46)38-29-11-10-26(17-32(29)58-13-12-44)42-41-25-9-6-23-15-27(59(48,49)50)18-34(28(23)16-25)61(54,55)56/h4-11,14-19,35,44H,12-13H2,1-3H3,(H,38,46)(H,39,47)(H,48,49,50)(H,51,52,53)(H,54,55,56)/b42-41+,43-40+. The first kappa shape index (κ1) is 45.5. The zero-order valence-corrected chi connectivity index (χ0v) is 34.3. The number of rotatable bonds is 16. The van der Waals surface area contributed by atoms with Gasteiger partial charge in [0.15, 0.2) is 5.78 Å². The summed E-state index contributed by atoms with van der Waals surface area (Å²) in [5, 5.41) is 30.4. The Bertz CT molecular complexity index is 2960. The van der Waals surface area contributed by atoms with Crippen molar-refractivity contribution in [1.29, 1.82) is 0 Å². The summed E-state index contributed by atoms with van der Waals surface area (Å²) in [6.07, 6.45) is 0. The molecule has 0 bridgehead atoms. The molecule has 0 spiro atoms. The molecule has 2 amide bonds. The molecule has 0 aromatic heterocycles. The second kappa shape index (κ2) is 18.4. The molecule has 0 saturated heterocycles. The van der Waals surface area contributed by atoms with Crippen molar-refractivity contribution in [2.24, 2.45) is 20.5 Å². The number of carbonyl (C=O) groups is 3. The van der Waals surface area contributed by atoms with E-state index in [0.29, 0.717) is 6.07 Å². The van der Waals surface area contributed by atoms with Gasteiger partial charge in [-0.1, -0.05) is 6.07 Å². The molecule has 320 valence electrons. The number of carbonyl (C=O) groups excluding carboxylic acids is 3. The van der Waals surface area contributed by atoms with Gasteiger partial charge in [0.05, 0.1) is 47.0 Å². The molecule has 0 aliphatic heterocycles. The van der Waals surface area contributed by atoms with Crippen LogP contribution in [0, 0.1) is 6.92 Å². The highest BCUT2D eigenvalue weighted by atomic mass is 32.2. The fourth-order valence-electron chi connectivity index (χ4n) is 5.51. The molecule has 1 atom stereocenters. The predicted molar refractivity (Wildman–Crippen MR) is 216 cm³/mol. The average Bonchev–Trinajstić information content (AvgIpc) is 3.18. The number of amides is 2. The lowest BCUT2D eigenvalue weighted by Gasteiger charge is -2.15. The molecular weight excluding hydrogens is 865 g/mol. The Morgan fingerprint density at radius 2 is 1.31 bits per heavy atom. The minimum Gasteiger partial charge on any atom is -0.495 e. The van der Waals surface area contributed by atoms with Gasteiger partial charge in [-0.3, -0.25) is 28.0 Å². The van der Waals surface area contributed by atoms with Crippen LogP contribution in [0.15, 0.2) is 120 Å². The van der Waals surface area contributed by atoms with Gasteiger partial charge >= 0.3 is 0 Å². The third-order valence-corrected chi connectivity index (χ3v) is 11.1. The van der Waals surface area contributed by atoms with Crippen LogP contribution in [0.3, 0.4) is 0 Å². The molecule has 0 aliphatic rings. The zero-order valence-electron chi connectivity index (χ0n) is 31.9. The number of aliphatic hydroxyl groups is 1. The summed E-state index contributed by atoms with van der Waals surface area (Å²) in [5.41, 5.74) is 0.804. The Morgan fingerprint density at radius 3 is 1.90 bits per heavy atom. The summed E-state index contributed by atoms with van der Waals surface area (Å²) in [6.45, 7) is 1.93. The van der Waals surface area contributed by atoms with Crippen LogP contribution in [0.1, 0.15) is 22.8 Å². The fraction of sp³-hybridized carbons (Fsp3) is 0.162. The first-order valence-corrected chi connectivity index (χ1v) is 21.5. The van der Waals surface area contributed by atoms with Crippen LogP contribution in [0.5, 0.6) is 11.5 Å². The number of anilines is 2. The van der Waals surface area contributed by atoms with E-state index in [1.807, 2.05) is 0 Å². The number of nitrogens with zero attached hydrogens (tertiary/aromatic N) is 4. The molecule has 6 N–H and O–H groups in total. The van der Waals surface area contributed by atoms with E-state index in [1.165, 1.54) is 80.8 Å². The minimum atomic E-state index is -4.95. The van der Waals surface area contributed by atoms with Crippen LogP contribution in [0.4, 0.5) is 28.4 Å². The quantitative estimate of drug-likeness (QED) is 0.0398. The lowest BCUT2D eigenvalue weighted by molar-refractivity contribution is -0.126. The number of Topliss-reactive ketones (excluding diaryl/α,β-unsaturated/α-hetero) is 1. The van der Waals surface area contributed by atoms with Crippen molar-refractivity contribution in [2.75, 3.05) is 31.0 Å². The van der Waals surface area contributed by atoms with Crippen LogP contribution < -0.4 is 20.1 Å². The highest BCUT2D eigenvalue weighted by molar-refractivity contribution is 7.87. The van der Waals surface area contributed by atoms with E-state index in [9.17, 15) is 58.4 Å². The number of nitrogens with one attached hydrogen (secondary N) is 2. The van der Waals surface area contributed by atoms with Crippen LogP contribution in [0.25, 0.3) is 10.8 Å². The van der Waals surface area contributed by atoms with Crippen LogP contribution >= 0.6 is 0 Å². The molecule has 61 heavy (non-hydrogen) atoms. The first-order valence-electron chi connectivity index (χ1n) is 17.2. The van der Waals surface area contributed by atoms with Gasteiger partial charge in [-0.25, -0.2) is 0 Å². The van der Waals surface area contributed by atoms with Crippen molar-refractivity contribution >= 4 is 87.2 Å². The number of benzene rings is 5. The van der Waals surface area contributed by atoms with E-state index >= 15 is 0 Å². The maximum absolute atomic E-state index is 13.2. The predicted octanol–water partition coefficient (Wildman–Crippen LogP) is 5.62. The van der Waals surface area contributed by atoms with E-state index in [-0.39, 0.29) is 75.0 Å². The average molecular weight is 899 g/mol. The Hall–Kier alpha value is -6.54. The number of hydrogen-bond donors (Lipinski definition) is 6. The van der Waals surface area contributed by atoms with E-state index in [4.69, 9.17) is 9.47 Å². The van der Waals surface area contributed by atoms with Gasteiger partial charge in [0, 0.05) is 23.1 Å². The number of hydrogen-bond acceptors (Lipinski definition) is 16. The smallest absolute Gasteiger partial charge is 0.295 e. The molecule has 0 radical (unpaired) electrons. The van der Waals surface area contributed by atoms with Crippen LogP contribution in [-0.2, 0) is 39.9 Å². The molecule has 5 aromatic rings. The number of aliphatic hydroxyl groups excluding tert-OH is 1. The first-order chi connectivity index (χ1) is 28.6. The third kappa shape index (κ3) is 11.4. The van der Waals surface area contributed by atoms with Crippen molar-refractivity contribution in [3.8, 4) is 11.5 Å². The maximum Gasteiger partial charge on any atom is 0.295 e. The molecule has 0 heterocycles. The van der Waals surface area contributed by atoms with E-state index in [0.717, 1.165) is 19.1 Å². The SMILES string of the molecule is COc1cc(S(=O)(=O)O)c(C)cc1NC(=O)C(/N=N/c1ccc(C(=O)Nc2ccc(/N=N/c3ccc4cc(S(=O)(=O)O)cc(S(=O)(=O)O)c4c3)cc2OCCO)cc1)C(C)=O. The molecule has 0 aliphatic carbocycles. The number of methoxy groups -OCH3 is 1. The summed E-state index contributed by atoms with van der Waals surface area (Å²) >= 11 is 0. The number of ether oxygens (including phenoxy) is 2. The van der Waals surface area contributed by atoms with Crippen molar-refractivity contribution in [2.45, 2.75) is 34.6 Å². The lowest BCUT2D eigenvalue weighted by atomic mass is 10.1. The van der Waals surface area contributed by atoms with Crippen molar-refractivity contribution in [3.63, 3.8) is 0 Å². The van der Waals surface area contributed by atoms with E-state index in [1.54, 1.807) is 0 Å². The van der Waals surface area contributed by atoms with Crippen LogP contribution in [-0.4, -0.2) is 88.0 Å². The number of fused-ring (bicyclic) bond motifs is 1. The monoisotopic (exact) mass is 898 g/mol. The van der Waals surface area contributed by atoms with E-state index < -0.39 is 68.7 Å². The van der Waals surface area contributed by atoms with Gasteiger partial charge in [0.1, 0.15) is 27.9 Å². The fourth-order valence-corrected chi connectivity index (χ4v) is 7.58. The number of azo groups is 2. The van der Waals surface area contributed by atoms with Crippen molar-refractivity contribution < 1.29 is 67.9 Å². The van der Waals surface area contributed by atoms with Crippen molar-refractivity contribution in [1.82, 2.24) is 0 Å². The molecular formula is C37H34N6O15S3. The number of aryl methyl sites for hydroxylation is 1. The summed E-state index contributed by atoms with van der Waals surface area (Å²) in [6, 6.07) is 15.9. The maximum atomic E-state index is 13.2.